The second kappa shape index (κ2) is 3.32. The molecule has 0 atom stereocenters. The smallest absolute Gasteiger partial charge is 0.213 e. The molecule has 0 saturated heterocycles. The minimum atomic E-state index is -0.509. The van der Waals surface area contributed by atoms with E-state index in [2.05, 4.69) is 27.4 Å². The molecule has 1 aromatic rings. The second-order valence-electron chi connectivity index (χ2n) is 1.94. The molecule has 0 saturated carbocycles. The van der Waals surface area contributed by atoms with Crippen molar-refractivity contribution < 1.29 is 4.39 Å². The number of isothiocyanates is 1. The normalized spacial score (nSPS) is 8.91. The molecule has 0 amide bonds. The zero-order chi connectivity index (χ0) is 8.27. The molecule has 0 bridgehead atoms. The standard InChI is InChI=1S/C7H5FN2S/c1-5-6(9-4-11)2-3-7(8)10-5/h2-3H,1H3. The van der Waals surface area contributed by atoms with Crippen molar-refractivity contribution in [2.75, 3.05) is 0 Å². The van der Waals surface area contributed by atoms with Crippen LogP contribution in [0.1, 0.15) is 5.69 Å². The van der Waals surface area contributed by atoms with Crippen molar-refractivity contribution in [3.63, 3.8) is 0 Å². The van der Waals surface area contributed by atoms with Gasteiger partial charge in [0.05, 0.1) is 16.5 Å². The van der Waals surface area contributed by atoms with E-state index in [-0.39, 0.29) is 0 Å². The highest BCUT2D eigenvalue weighted by atomic mass is 32.1. The summed E-state index contributed by atoms with van der Waals surface area (Å²) < 4.78 is 12.4. The molecule has 0 fully saturated rings. The van der Waals surface area contributed by atoms with Gasteiger partial charge in [-0.1, -0.05) is 0 Å². The molecule has 0 unspecified atom stereocenters. The topological polar surface area (TPSA) is 25.2 Å². The molecule has 1 rings (SSSR count). The van der Waals surface area contributed by atoms with Crippen LogP contribution in [0.2, 0.25) is 0 Å². The van der Waals surface area contributed by atoms with Crippen molar-refractivity contribution in [1.29, 1.82) is 0 Å². The summed E-state index contributed by atoms with van der Waals surface area (Å²) in [4.78, 5) is 7.23. The van der Waals surface area contributed by atoms with Crippen molar-refractivity contribution in [3.05, 3.63) is 23.8 Å². The van der Waals surface area contributed by atoms with E-state index in [9.17, 15) is 4.39 Å². The maximum atomic E-state index is 12.4. The Morgan fingerprint density at radius 2 is 2.36 bits per heavy atom. The fraction of sp³-hybridized carbons (Fsp3) is 0.143. The van der Waals surface area contributed by atoms with Crippen LogP contribution in [0.25, 0.3) is 0 Å². The molecule has 2 nitrogen and oxygen atoms in total. The molecular formula is C7H5FN2S. The predicted octanol–water partition coefficient (Wildman–Crippen LogP) is 2.26. The number of thiocarbonyl (C=S) groups is 1. The predicted molar refractivity (Wildman–Crippen MR) is 43.6 cm³/mol. The number of halogens is 1. The van der Waals surface area contributed by atoms with E-state index in [1.54, 1.807) is 6.92 Å². The maximum absolute atomic E-state index is 12.4. The van der Waals surface area contributed by atoms with E-state index in [1.807, 2.05) is 0 Å². The van der Waals surface area contributed by atoms with E-state index < -0.39 is 5.95 Å². The Balaban J connectivity index is 3.19. The fourth-order valence-corrected chi connectivity index (χ4v) is 0.789. The summed E-state index contributed by atoms with van der Waals surface area (Å²) in [5.41, 5.74) is 1.07. The fourth-order valence-electron chi connectivity index (χ4n) is 0.690. The molecule has 0 spiro atoms. The molecule has 0 aliphatic rings. The lowest BCUT2D eigenvalue weighted by atomic mass is 10.3. The highest BCUT2D eigenvalue weighted by Gasteiger charge is 1.97. The minimum absolute atomic E-state index is 0.509. The van der Waals surface area contributed by atoms with Gasteiger partial charge in [0.1, 0.15) is 0 Å². The molecule has 0 radical (unpaired) electrons. The quantitative estimate of drug-likeness (QED) is 0.365. The Hall–Kier alpha value is -1.12. The molecule has 0 aromatic carbocycles. The lowest BCUT2D eigenvalue weighted by molar-refractivity contribution is 0.580. The van der Waals surface area contributed by atoms with Crippen LogP contribution in [-0.2, 0) is 0 Å². The molecule has 0 aliphatic heterocycles. The molecule has 56 valence electrons. The van der Waals surface area contributed by atoms with Crippen LogP contribution < -0.4 is 0 Å². The van der Waals surface area contributed by atoms with Crippen molar-refractivity contribution >= 4 is 23.1 Å². The van der Waals surface area contributed by atoms with Crippen molar-refractivity contribution in [2.24, 2.45) is 4.99 Å². The summed E-state index contributed by atoms with van der Waals surface area (Å²) in [5, 5.41) is 2.19. The van der Waals surface area contributed by atoms with Gasteiger partial charge >= 0.3 is 0 Å². The van der Waals surface area contributed by atoms with E-state index in [0.29, 0.717) is 11.4 Å². The number of pyridine rings is 1. The monoisotopic (exact) mass is 168 g/mol. The number of hydrogen-bond acceptors (Lipinski definition) is 3. The van der Waals surface area contributed by atoms with Gasteiger partial charge in [0.15, 0.2) is 0 Å². The van der Waals surface area contributed by atoms with E-state index in [1.165, 1.54) is 12.1 Å². The van der Waals surface area contributed by atoms with Gasteiger partial charge in [-0.2, -0.15) is 9.38 Å². The first-order valence-electron chi connectivity index (χ1n) is 2.95. The van der Waals surface area contributed by atoms with Crippen LogP contribution in [0.3, 0.4) is 0 Å². The van der Waals surface area contributed by atoms with Gasteiger partial charge in [-0.25, -0.2) is 4.98 Å². The molecule has 1 aromatic heterocycles. The highest BCUT2D eigenvalue weighted by molar-refractivity contribution is 7.78. The van der Waals surface area contributed by atoms with E-state index in [4.69, 9.17) is 0 Å². The SMILES string of the molecule is Cc1nc(F)ccc1N=C=S. The van der Waals surface area contributed by atoms with Crippen LogP contribution >= 0.6 is 12.2 Å². The lowest BCUT2D eigenvalue weighted by Crippen LogP contribution is -1.85. The third-order valence-corrected chi connectivity index (χ3v) is 1.28. The third-order valence-electron chi connectivity index (χ3n) is 1.19. The lowest BCUT2D eigenvalue weighted by Gasteiger charge is -1.94. The van der Waals surface area contributed by atoms with Gasteiger partial charge in [-0.15, -0.1) is 0 Å². The Bertz CT molecular complexity index is 318. The Morgan fingerprint density at radius 3 is 2.91 bits per heavy atom. The van der Waals surface area contributed by atoms with Gasteiger partial charge in [0, 0.05) is 0 Å². The number of nitrogens with zero attached hydrogens (tertiary/aromatic N) is 2. The van der Waals surface area contributed by atoms with Gasteiger partial charge in [-0.05, 0) is 31.3 Å². The largest absolute Gasteiger partial charge is 0.223 e. The number of aromatic nitrogens is 1. The molecule has 11 heavy (non-hydrogen) atoms. The average Bonchev–Trinajstić information content (AvgIpc) is 1.95. The summed E-state index contributed by atoms with van der Waals surface area (Å²) in [6.45, 7) is 1.66. The minimum Gasteiger partial charge on any atom is -0.223 e. The first-order chi connectivity index (χ1) is 5.24. The zero-order valence-electron chi connectivity index (χ0n) is 5.84. The first-order valence-corrected chi connectivity index (χ1v) is 3.36. The summed E-state index contributed by atoms with van der Waals surface area (Å²) in [6, 6.07) is 2.75. The Labute approximate surface area is 68.8 Å². The molecule has 4 heteroatoms. The molecule has 0 N–H and O–H groups in total. The van der Waals surface area contributed by atoms with Crippen LogP contribution in [-0.4, -0.2) is 10.1 Å². The van der Waals surface area contributed by atoms with Gasteiger partial charge in [0.25, 0.3) is 0 Å². The second-order valence-corrected chi connectivity index (χ2v) is 2.12. The summed E-state index contributed by atoms with van der Waals surface area (Å²) in [7, 11) is 0. The number of rotatable bonds is 1. The maximum Gasteiger partial charge on any atom is 0.213 e. The van der Waals surface area contributed by atoms with Crippen LogP contribution in [0.5, 0.6) is 0 Å². The Morgan fingerprint density at radius 1 is 1.64 bits per heavy atom. The number of hydrogen-bond donors (Lipinski definition) is 0. The summed E-state index contributed by atoms with van der Waals surface area (Å²) >= 11 is 4.39. The molecule has 0 aliphatic carbocycles. The van der Waals surface area contributed by atoms with Crippen LogP contribution in [0, 0.1) is 12.9 Å². The van der Waals surface area contributed by atoms with Crippen molar-refractivity contribution in [1.82, 2.24) is 4.98 Å². The first kappa shape index (κ1) is 7.98. The van der Waals surface area contributed by atoms with E-state index >= 15 is 0 Å². The van der Waals surface area contributed by atoms with Gasteiger partial charge < -0.3 is 0 Å². The third kappa shape index (κ3) is 1.90. The molecule has 1 heterocycles. The van der Waals surface area contributed by atoms with Crippen molar-refractivity contribution in [3.8, 4) is 0 Å². The van der Waals surface area contributed by atoms with Gasteiger partial charge in [0.2, 0.25) is 5.95 Å². The number of aryl methyl sites for hydroxylation is 1. The van der Waals surface area contributed by atoms with Gasteiger partial charge in [-0.3, -0.25) is 0 Å². The number of aliphatic imine (C=N–C) groups is 1. The average molecular weight is 168 g/mol. The van der Waals surface area contributed by atoms with E-state index in [0.717, 1.165) is 0 Å². The van der Waals surface area contributed by atoms with Crippen LogP contribution in [0.15, 0.2) is 17.1 Å². The summed E-state index contributed by atoms with van der Waals surface area (Å²) in [6.07, 6.45) is 0. The van der Waals surface area contributed by atoms with Crippen LogP contribution in [0.4, 0.5) is 10.1 Å². The zero-order valence-corrected chi connectivity index (χ0v) is 6.65. The summed E-state index contributed by atoms with van der Waals surface area (Å²) in [5.74, 6) is -0.509. The molecular weight excluding hydrogens is 163 g/mol. The Kier molecular flexibility index (Phi) is 2.41. The highest BCUT2D eigenvalue weighted by Crippen LogP contribution is 2.14. The van der Waals surface area contributed by atoms with Crippen molar-refractivity contribution in [2.45, 2.75) is 6.92 Å².